The number of nitrogens with one attached hydrogen (secondary N) is 1. The van der Waals surface area contributed by atoms with E-state index in [9.17, 15) is 0 Å². The van der Waals surface area contributed by atoms with Gasteiger partial charge in [0.25, 0.3) is 0 Å². The lowest BCUT2D eigenvalue weighted by Gasteiger charge is -2.07. The van der Waals surface area contributed by atoms with Crippen molar-refractivity contribution in [3.05, 3.63) is 35.4 Å². The zero-order valence-electron chi connectivity index (χ0n) is 9.55. The molecule has 15 heavy (non-hydrogen) atoms. The SMILES string of the molecule is CCCCNC(=S)Cc1ccc(C)cc1. The summed E-state index contributed by atoms with van der Waals surface area (Å²) in [5.74, 6) is 0. The van der Waals surface area contributed by atoms with Gasteiger partial charge in [0.2, 0.25) is 0 Å². The zero-order valence-corrected chi connectivity index (χ0v) is 10.4. The summed E-state index contributed by atoms with van der Waals surface area (Å²) in [7, 11) is 0. The van der Waals surface area contributed by atoms with Crippen LogP contribution in [0.1, 0.15) is 30.9 Å². The van der Waals surface area contributed by atoms with Gasteiger partial charge in [0, 0.05) is 13.0 Å². The van der Waals surface area contributed by atoms with Gasteiger partial charge in [-0.1, -0.05) is 55.4 Å². The molecular weight excluding hydrogens is 202 g/mol. The van der Waals surface area contributed by atoms with Crippen LogP contribution in [0, 0.1) is 6.92 Å². The third kappa shape index (κ3) is 4.93. The number of aryl methyl sites for hydroxylation is 1. The van der Waals surface area contributed by atoms with Crippen LogP contribution in [0.5, 0.6) is 0 Å². The smallest absolute Gasteiger partial charge is 0.0797 e. The summed E-state index contributed by atoms with van der Waals surface area (Å²) in [6.45, 7) is 5.29. The second-order valence-corrected chi connectivity index (χ2v) is 4.36. The monoisotopic (exact) mass is 221 g/mol. The van der Waals surface area contributed by atoms with Gasteiger partial charge < -0.3 is 5.32 Å². The molecule has 0 bridgehead atoms. The molecule has 1 rings (SSSR count). The van der Waals surface area contributed by atoms with Crippen LogP contribution in [-0.4, -0.2) is 11.5 Å². The van der Waals surface area contributed by atoms with E-state index in [-0.39, 0.29) is 0 Å². The van der Waals surface area contributed by atoms with Gasteiger partial charge in [-0.3, -0.25) is 0 Å². The van der Waals surface area contributed by atoms with Crippen molar-refractivity contribution in [1.82, 2.24) is 5.32 Å². The molecule has 0 aliphatic heterocycles. The highest BCUT2D eigenvalue weighted by molar-refractivity contribution is 7.80. The van der Waals surface area contributed by atoms with Crippen molar-refractivity contribution in [1.29, 1.82) is 0 Å². The lowest BCUT2D eigenvalue weighted by atomic mass is 10.1. The Labute approximate surface area is 97.9 Å². The van der Waals surface area contributed by atoms with E-state index in [1.807, 2.05) is 0 Å². The van der Waals surface area contributed by atoms with Crippen LogP contribution in [0.25, 0.3) is 0 Å². The minimum atomic E-state index is 0.860. The van der Waals surface area contributed by atoms with E-state index in [0.717, 1.165) is 18.0 Å². The van der Waals surface area contributed by atoms with Crippen molar-refractivity contribution in [2.24, 2.45) is 0 Å². The summed E-state index contributed by atoms with van der Waals surface area (Å²) < 4.78 is 0. The minimum Gasteiger partial charge on any atom is -0.379 e. The highest BCUT2D eigenvalue weighted by atomic mass is 32.1. The Morgan fingerprint density at radius 3 is 2.53 bits per heavy atom. The summed E-state index contributed by atoms with van der Waals surface area (Å²) in [5, 5.41) is 3.28. The Morgan fingerprint density at radius 2 is 1.93 bits per heavy atom. The van der Waals surface area contributed by atoms with Crippen LogP contribution < -0.4 is 5.32 Å². The lowest BCUT2D eigenvalue weighted by molar-refractivity contribution is 0.754. The molecule has 0 saturated heterocycles. The van der Waals surface area contributed by atoms with Gasteiger partial charge in [-0.15, -0.1) is 0 Å². The number of thiocarbonyl (C=S) groups is 1. The first-order valence-corrected chi connectivity index (χ1v) is 5.95. The maximum atomic E-state index is 5.27. The Morgan fingerprint density at radius 1 is 1.27 bits per heavy atom. The molecule has 1 aromatic rings. The fourth-order valence-electron chi connectivity index (χ4n) is 1.36. The number of unbranched alkanes of at least 4 members (excludes halogenated alkanes) is 1. The molecule has 1 aromatic carbocycles. The van der Waals surface area contributed by atoms with Crippen molar-refractivity contribution in [3.8, 4) is 0 Å². The van der Waals surface area contributed by atoms with Crippen molar-refractivity contribution in [2.75, 3.05) is 6.54 Å². The van der Waals surface area contributed by atoms with E-state index in [0.29, 0.717) is 0 Å². The molecule has 0 aliphatic carbocycles. The molecule has 1 N–H and O–H groups in total. The summed E-state index contributed by atoms with van der Waals surface area (Å²) in [4.78, 5) is 0.951. The molecule has 0 aromatic heterocycles. The average Bonchev–Trinajstić information content (AvgIpc) is 2.22. The first kappa shape index (κ1) is 12.2. The van der Waals surface area contributed by atoms with Gasteiger partial charge in [-0.05, 0) is 18.9 Å². The predicted octanol–water partition coefficient (Wildman–Crippen LogP) is 3.25. The molecule has 0 spiro atoms. The first-order valence-electron chi connectivity index (χ1n) is 5.54. The largest absolute Gasteiger partial charge is 0.379 e. The summed E-state index contributed by atoms with van der Waals surface area (Å²) >= 11 is 5.27. The molecule has 0 heterocycles. The Kier molecular flexibility index (Phi) is 5.33. The van der Waals surface area contributed by atoms with Crippen LogP contribution in [0.15, 0.2) is 24.3 Å². The Balaban J connectivity index is 2.34. The quantitative estimate of drug-likeness (QED) is 0.605. The third-order valence-corrected chi connectivity index (χ3v) is 2.63. The maximum absolute atomic E-state index is 5.27. The van der Waals surface area contributed by atoms with Gasteiger partial charge in [-0.2, -0.15) is 0 Å². The molecule has 2 heteroatoms. The van der Waals surface area contributed by atoms with Crippen LogP contribution in [-0.2, 0) is 6.42 Å². The fourth-order valence-corrected chi connectivity index (χ4v) is 1.63. The van der Waals surface area contributed by atoms with E-state index < -0.39 is 0 Å². The van der Waals surface area contributed by atoms with E-state index >= 15 is 0 Å². The summed E-state index contributed by atoms with van der Waals surface area (Å²) in [6.07, 6.45) is 3.26. The molecule has 0 atom stereocenters. The van der Waals surface area contributed by atoms with E-state index in [1.165, 1.54) is 24.0 Å². The molecule has 0 unspecified atom stereocenters. The molecule has 82 valence electrons. The van der Waals surface area contributed by atoms with Gasteiger partial charge in [0.1, 0.15) is 0 Å². The van der Waals surface area contributed by atoms with Crippen molar-refractivity contribution >= 4 is 17.2 Å². The van der Waals surface area contributed by atoms with Crippen molar-refractivity contribution < 1.29 is 0 Å². The van der Waals surface area contributed by atoms with Crippen LogP contribution in [0.4, 0.5) is 0 Å². The standard InChI is InChI=1S/C13H19NS/c1-3-4-9-14-13(15)10-12-7-5-11(2)6-8-12/h5-8H,3-4,9-10H2,1-2H3,(H,14,15). The number of hydrogen-bond acceptors (Lipinski definition) is 1. The summed E-state index contributed by atoms with van der Waals surface area (Å²) in [5.41, 5.74) is 2.58. The highest BCUT2D eigenvalue weighted by Gasteiger charge is 1.97. The van der Waals surface area contributed by atoms with Crippen molar-refractivity contribution in [2.45, 2.75) is 33.1 Å². The third-order valence-electron chi connectivity index (χ3n) is 2.34. The fraction of sp³-hybridized carbons (Fsp3) is 0.462. The van der Waals surface area contributed by atoms with Crippen LogP contribution >= 0.6 is 12.2 Å². The molecule has 0 saturated carbocycles. The van der Waals surface area contributed by atoms with Crippen LogP contribution in [0.3, 0.4) is 0 Å². The number of benzene rings is 1. The van der Waals surface area contributed by atoms with Gasteiger partial charge in [-0.25, -0.2) is 0 Å². The maximum Gasteiger partial charge on any atom is 0.0797 e. The number of hydrogen-bond donors (Lipinski definition) is 1. The molecule has 1 nitrogen and oxygen atoms in total. The van der Waals surface area contributed by atoms with E-state index in [4.69, 9.17) is 12.2 Å². The van der Waals surface area contributed by atoms with Crippen LogP contribution in [0.2, 0.25) is 0 Å². The minimum absolute atomic E-state index is 0.860. The summed E-state index contributed by atoms with van der Waals surface area (Å²) in [6, 6.07) is 8.54. The van der Waals surface area contributed by atoms with Gasteiger partial charge in [0.15, 0.2) is 0 Å². The molecule has 0 fully saturated rings. The van der Waals surface area contributed by atoms with Crippen molar-refractivity contribution in [3.63, 3.8) is 0 Å². The lowest BCUT2D eigenvalue weighted by Crippen LogP contribution is -2.24. The molecule has 0 radical (unpaired) electrons. The van der Waals surface area contributed by atoms with E-state index in [2.05, 4.69) is 43.4 Å². The zero-order chi connectivity index (χ0) is 11.1. The normalized spacial score (nSPS) is 10.0. The second kappa shape index (κ2) is 6.57. The predicted molar refractivity (Wildman–Crippen MR) is 70.4 cm³/mol. The highest BCUT2D eigenvalue weighted by Crippen LogP contribution is 2.04. The Bertz CT molecular complexity index is 303. The average molecular weight is 221 g/mol. The second-order valence-electron chi connectivity index (χ2n) is 3.87. The first-order chi connectivity index (χ1) is 7.22. The topological polar surface area (TPSA) is 12.0 Å². The molecular formula is C13H19NS. The molecule has 0 aliphatic rings. The number of rotatable bonds is 5. The van der Waals surface area contributed by atoms with Gasteiger partial charge in [0.05, 0.1) is 4.99 Å². The van der Waals surface area contributed by atoms with Gasteiger partial charge >= 0.3 is 0 Å². The Hall–Kier alpha value is -0.890. The van der Waals surface area contributed by atoms with E-state index in [1.54, 1.807) is 0 Å². The molecule has 0 amide bonds.